The second-order valence-corrected chi connectivity index (χ2v) is 3.79. The first-order chi connectivity index (χ1) is 6.57. The van der Waals surface area contributed by atoms with Crippen LogP contribution in [0.5, 0.6) is 5.75 Å². The van der Waals surface area contributed by atoms with Gasteiger partial charge in [0.05, 0.1) is 0 Å². The van der Waals surface area contributed by atoms with E-state index in [4.69, 9.17) is 0 Å². The molecule has 0 spiro atoms. The van der Waals surface area contributed by atoms with Crippen molar-refractivity contribution in [2.75, 3.05) is 13.6 Å². The molecule has 0 radical (unpaired) electrons. The predicted molar refractivity (Wildman–Crippen MR) is 59.9 cm³/mol. The Morgan fingerprint density at radius 2 is 1.86 bits per heavy atom. The van der Waals surface area contributed by atoms with Gasteiger partial charge in [0.1, 0.15) is 5.75 Å². The van der Waals surface area contributed by atoms with Crippen molar-refractivity contribution < 1.29 is 5.11 Å². The van der Waals surface area contributed by atoms with Crippen molar-refractivity contribution in [1.82, 2.24) is 5.32 Å². The van der Waals surface area contributed by atoms with Crippen molar-refractivity contribution in [2.24, 2.45) is 0 Å². The van der Waals surface area contributed by atoms with Crippen LogP contribution in [0, 0.1) is 20.8 Å². The Morgan fingerprint density at radius 3 is 2.43 bits per heavy atom. The largest absolute Gasteiger partial charge is 0.508 e. The van der Waals surface area contributed by atoms with E-state index < -0.39 is 0 Å². The first kappa shape index (κ1) is 11.1. The molecule has 0 aliphatic heterocycles. The minimum atomic E-state index is 0.410. The molecular formula is C12H19NO. The van der Waals surface area contributed by atoms with Crippen LogP contribution in [-0.4, -0.2) is 18.7 Å². The van der Waals surface area contributed by atoms with Crippen molar-refractivity contribution in [3.05, 3.63) is 28.3 Å². The lowest BCUT2D eigenvalue weighted by molar-refractivity contribution is 0.469. The Balaban J connectivity index is 3.09. The van der Waals surface area contributed by atoms with Crippen LogP contribution in [-0.2, 0) is 6.42 Å². The summed E-state index contributed by atoms with van der Waals surface area (Å²) in [5.74, 6) is 0.410. The van der Waals surface area contributed by atoms with Crippen LogP contribution in [0.4, 0.5) is 0 Å². The van der Waals surface area contributed by atoms with E-state index in [1.165, 1.54) is 16.7 Å². The molecule has 0 heterocycles. The van der Waals surface area contributed by atoms with Gasteiger partial charge in [0, 0.05) is 0 Å². The molecule has 0 fully saturated rings. The van der Waals surface area contributed by atoms with E-state index in [0.29, 0.717) is 5.75 Å². The fourth-order valence-electron chi connectivity index (χ4n) is 1.75. The SMILES string of the molecule is CNCCc1c(C)cc(O)c(C)c1C. The van der Waals surface area contributed by atoms with Crippen molar-refractivity contribution >= 4 is 0 Å². The molecule has 0 aliphatic rings. The monoisotopic (exact) mass is 193 g/mol. The van der Waals surface area contributed by atoms with Gasteiger partial charge in [0.25, 0.3) is 0 Å². The number of nitrogens with one attached hydrogen (secondary N) is 1. The van der Waals surface area contributed by atoms with Gasteiger partial charge in [-0.3, -0.25) is 0 Å². The summed E-state index contributed by atoms with van der Waals surface area (Å²) in [7, 11) is 1.96. The standard InChI is InChI=1S/C12H19NO/c1-8-7-12(14)10(3)9(2)11(8)5-6-13-4/h7,13-14H,5-6H2,1-4H3. The van der Waals surface area contributed by atoms with E-state index in [1.807, 2.05) is 20.0 Å². The number of aryl methyl sites for hydroxylation is 1. The molecule has 0 aromatic heterocycles. The highest BCUT2D eigenvalue weighted by Gasteiger charge is 2.08. The van der Waals surface area contributed by atoms with Gasteiger partial charge in [-0.05, 0) is 69.1 Å². The van der Waals surface area contributed by atoms with Crippen molar-refractivity contribution in [3.8, 4) is 5.75 Å². The first-order valence-corrected chi connectivity index (χ1v) is 5.01. The van der Waals surface area contributed by atoms with Crippen LogP contribution in [0.3, 0.4) is 0 Å². The molecule has 0 bridgehead atoms. The van der Waals surface area contributed by atoms with E-state index in [-0.39, 0.29) is 0 Å². The molecule has 0 atom stereocenters. The number of likely N-dealkylation sites (N-methyl/N-ethyl adjacent to an activating group) is 1. The maximum absolute atomic E-state index is 9.62. The van der Waals surface area contributed by atoms with E-state index in [9.17, 15) is 5.11 Å². The summed E-state index contributed by atoms with van der Waals surface area (Å²) >= 11 is 0. The Bertz CT molecular complexity index is 332. The number of hydrogen-bond acceptors (Lipinski definition) is 2. The summed E-state index contributed by atoms with van der Waals surface area (Å²) in [4.78, 5) is 0. The van der Waals surface area contributed by atoms with Crippen LogP contribution >= 0.6 is 0 Å². The Kier molecular flexibility index (Phi) is 3.53. The molecule has 0 saturated carbocycles. The minimum absolute atomic E-state index is 0.410. The third-order valence-corrected chi connectivity index (χ3v) is 2.85. The van der Waals surface area contributed by atoms with Crippen LogP contribution < -0.4 is 5.32 Å². The van der Waals surface area contributed by atoms with Gasteiger partial charge in [-0.25, -0.2) is 0 Å². The van der Waals surface area contributed by atoms with E-state index in [1.54, 1.807) is 0 Å². The lowest BCUT2D eigenvalue weighted by Gasteiger charge is -2.13. The number of aromatic hydroxyl groups is 1. The summed E-state index contributed by atoms with van der Waals surface area (Å²) in [5, 5.41) is 12.8. The average molecular weight is 193 g/mol. The number of phenolic OH excluding ortho intramolecular Hbond substituents is 1. The number of rotatable bonds is 3. The molecule has 0 unspecified atom stereocenters. The zero-order valence-electron chi connectivity index (χ0n) is 9.44. The zero-order chi connectivity index (χ0) is 10.7. The quantitative estimate of drug-likeness (QED) is 0.770. The van der Waals surface area contributed by atoms with E-state index >= 15 is 0 Å². The molecule has 14 heavy (non-hydrogen) atoms. The Morgan fingerprint density at radius 1 is 1.21 bits per heavy atom. The fourth-order valence-corrected chi connectivity index (χ4v) is 1.75. The summed E-state index contributed by atoms with van der Waals surface area (Å²) in [6.07, 6.45) is 1.02. The third-order valence-electron chi connectivity index (χ3n) is 2.85. The first-order valence-electron chi connectivity index (χ1n) is 5.01. The fraction of sp³-hybridized carbons (Fsp3) is 0.500. The normalized spacial score (nSPS) is 10.6. The lowest BCUT2D eigenvalue weighted by Crippen LogP contribution is -2.12. The van der Waals surface area contributed by atoms with Gasteiger partial charge < -0.3 is 10.4 Å². The van der Waals surface area contributed by atoms with E-state index in [0.717, 1.165) is 18.5 Å². The molecule has 2 N–H and O–H groups in total. The van der Waals surface area contributed by atoms with Crippen LogP contribution in [0.2, 0.25) is 0 Å². The summed E-state index contributed by atoms with van der Waals surface area (Å²) in [5.41, 5.74) is 4.76. The molecule has 2 nitrogen and oxygen atoms in total. The minimum Gasteiger partial charge on any atom is -0.508 e. The van der Waals surface area contributed by atoms with Gasteiger partial charge in [0.2, 0.25) is 0 Å². The van der Waals surface area contributed by atoms with Gasteiger partial charge in [0.15, 0.2) is 0 Å². The maximum atomic E-state index is 9.62. The van der Waals surface area contributed by atoms with Gasteiger partial charge in [-0.15, -0.1) is 0 Å². The average Bonchev–Trinajstić information content (AvgIpc) is 2.14. The number of benzene rings is 1. The molecule has 1 rings (SSSR count). The molecule has 2 heteroatoms. The van der Waals surface area contributed by atoms with Crippen LogP contribution in [0.25, 0.3) is 0 Å². The summed E-state index contributed by atoms with van der Waals surface area (Å²) in [6.45, 7) is 7.07. The van der Waals surface area contributed by atoms with Gasteiger partial charge in [-0.1, -0.05) is 0 Å². The van der Waals surface area contributed by atoms with Gasteiger partial charge in [-0.2, -0.15) is 0 Å². The summed E-state index contributed by atoms with van der Waals surface area (Å²) in [6, 6.07) is 1.85. The van der Waals surface area contributed by atoms with Crippen molar-refractivity contribution in [2.45, 2.75) is 27.2 Å². The Labute approximate surface area is 86.0 Å². The third kappa shape index (κ3) is 2.07. The number of hydrogen-bond donors (Lipinski definition) is 2. The second-order valence-electron chi connectivity index (χ2n) is 3.79. The van der Waals surface area contributed by atoms with Crippen molar-refractivity contribution in [3.63, 3.8) is 0 Å². The highest BCUT2D eigenvalue weighted by atomic mass is 16.3. The smallest absolute Gasteiger partial charge is 0.119 e. The van der Waals surface area contributed by atoms with Crippen LogP contribution in [0.1, 0.15) is 22.3 Å². The number of phenols is 1. The lowest BCUT2D eigenvalue weighted by atomic mass is 9.95. The summed E-state index contributed by atoms with van der Waals surface area (Å²) < 4.78 is 0. The highest BCUT2D eigenvalue weighted by Crippen LogP contribution is 2.26. The topological polar surface area (TPSA) is 32.3 Å². The van der Waals surface area contributed by atoms with Gasteiger partial charge >= 0.3 is 0 Å². The molecule has 0 aliphatic carbocycles. The Hall–Kier alpha value is -1.02. The van der Waals surface area contributed by atoms with Crippen molar-refractivity contribution in [1.29, 1.82) is 0 Å². The molecular weight excluding hydrogens is 174 g/mol. The molecule has 0 amide bonds. The molecule has 0 saturated heterocycles. The molecule has 78 valence electrons. The highest BCUT2D eigenvalue weighted by molar-refractivity contribution is 5.47. The van der Waals surface area contributed by atoms with Crippen LogP contribution in [0.15, 0.2) is 6.07 Å². The molecule has 1 aromatic carbocycles. The molecule has 1 aromatic rings. The second kappa shape index (κ2) is 4.47. The maximum Gasteiger partial charge on any atom is 0.119 e. The predicted octanol–water partition coefficient (Wildman–Crippen LogP) is 2.08. The van der Waals surface area contributed by atoms with E-state index in [2.05, 4.69) is 19.2 Å². The zero-order valence-corrected chi connectivity index (χ0v) is 9.44.